The first kappa shape index (κ1) is 19.9. The quantitative estimate of drug-likeness (QED) is 0.840. The Morgan fingerprint density at radius 1 is 0.964 bits per heavy atom. The minimum atomic E-state index is -0.252. The number of carbonyl (C=O) groups is 2. The zero-order valence-corrected chi connectivity index (χ0v) is 16.7. The summed E-state index contributed by atoms with van der Waals surface area (Å²) in [6, 6.07) is 12.9. The van der Waals surface area contributed by atoms with Gasteiger partial charge in [0, 0.05) is 24.3 Å². The number of carbonyl (C=O) groups excluding carboxylic acids is 2. The van der Waals surface area contributed by atoms with E-state index in [0.29, 0.717) is 17.0 Å². The summed E-state index contributed by atoms with van der Waals surface area (Å²) in [5.74, 6) is 0.449. The number of aryl methyl sites for hydroxylation is 2. The van der Waals surface area contributed by atoms with Gasteiger partial charge >= 0.3 is 0 Å². The molecule has 28 heavy (non-hydrogen) atoms. The number of hydrogen-bond acceptors (Lipinski definition) is 3. The third-order valence-corrected chi connectivity index (χ3v) is 5.13. The van der Waals surface area contributed by atoms with E-state index in [4.69, 9.17) is 4.74 Å². The Hall–Kier alpha value is -2.82. The third-order valence-electron chi connectivity index (χ3n) is 5.13. The van der Waals surface area contributed by atoms with Crippen molar-refractivity contribution in [2.24, 2.45) is 0 Å². The Morgan fingerprint density at radius 3 is 2.43 bits per heavy atom. The summed E-state index contributed by atoms with van der Waals surface area (Å²) in [5, 5.41) is 2.81. The normalized spacial score (nSPS) is 14.3. The monoisotopic (exact) mass is 380 g/mol. The third kappa shape index (κ3) is 5.35. The predicted molar refractivity (Wildman–Crippen MR) is 111 cm³/mol. The Bertz CT molecular complexity index is 839. The van der Waals surface area contributed by atoms with E-state index in [1.165, 1.54) is 18.4 Å². The molecule has 5 heteroatoms. The number of likely N-dealkylation sites (tertiary alicyclic amines) is 1. The highest BCUT2D eigenvalue weighted by atomic mass is 16.5. The van der Waals surface area contributed by atoms with E-state index in [1.807, 2.05) is 36.9 Å². The van der Waals surface area contributed by atoms with Crippen molar-refractivity contribution >= 4 is 17.5 Å². The molecule has 3 rings (SSSR count). The van der Waals surface area contributed by atoms with Crippen LogP contribution in [-0.4, -0.2) is 36.4 Å². The van der Waals surface area contributed by atoms with Crippen LogP contribution in [0.4, 0.5) is 5.69 Å². The second kappa shape index (κ2) is 9.40. The Labute approximate surface area is 166 Å². The summed E-state index contributed by atoms with van der Waals surface area (Å²) in [6.07, 6.45) is 4.47. The Kier molecular flexibility index (Phi) is 6.69. The average molecular weight is 380 g/mol. The van der Waals surface area contributed by atoms with Gasteiger partial charge in [-0.3, -0.25) is 9.59 Å². The number of hydrogen-bond donors (Lipinski definition) is 1. The van der Waals surface area contributed by atoms with Crippen LogP contribution in [0.5, 0.6) is 5.75 Å². The zero-order chi connectivity index (χ0) is 19.9. The highest BCUT2D eigenvalue weighted by Gasteiger charge is 2.17. The molecule has 1 aliphatic rings. The predicted octanol–water partition coefficient (Wildman–Crippen LogP) is 4.34. The number of rotatable bonds is 5. The fraction of sp³-hybridized carbons (Fsp3) is 0.391. The van der Waals surface area contributed by atoms with Crippen molar-refractivity contribution in [3.8, 4) is 5.75 Å². The molecular weight excluding hydrogens is 352 g/mol. The van der Waals surface area contributed by atoms with E-state index in [1.54, 1.807) is 24.3 Å². The fourth-order valence-electron chi connectivity index (χ4n) is 3.34. The Morgan fingerprint density at radius 2 is 1.71 bits per heavy atom. The number of anilines is 1. The second-order valence-electron chi connectivity index (χ2n) is 7.37. The maximum absolute atomic E-state index is 12.7. The maximum atomic E-state index is 12.7. The number of benzene rings is 2. The van der Waals surface area contributed by atoms with Crippen LogP contribution in [0, 0.1) is 13.8 Å². The second-order valence-corrected chi connectivity index (χ2v) is 7.37. The molecule has 148 valence electrons. The lowest BCUT2D eigenvalue weighted by Crippen LogP contribution is -2.31. The highest BCUT2D eigenvalue weighted by molar-refractivity contribution is 5.97. The van der Waals surface area contributed by atoms with Gasteiger partial charge in [-0.2, -0.15) is 0 Å². The molecule has 0 aromatic heterocycles. The molecule has 0 aliphatic carbocycles. The van der Waals surface area contributed by atoms with Crippen LogP contribution in [0.15, 0.2) is 42.5 Å². The lowest BCUT2D eigenvalue weighted by atomic mass is 10.1. The first-order chi connectivity index (χ1) is 13.5. The molecule has 2 amide bonds. The number of ether oxygens (including phenoxy) is 1. The molecule has 0 spiro atoms. The summed E-state index contributed by atoms with van der Waals surface area (Å²) in [6.45, 7) is 5.58. The van der Waals surface area contributed by atoms with Crippen LogP contribution in [-0.2, 0) is 4.79 Å². The molecule has 0 radical (unpaired) electrons. The summed E-state index contributed by atoms with van der Waals surface area (Å²) in [7, 11) is 0. The van der Waals surface area contributed by atoms with E-state index < -0.39 is 0 Å². The molecule has 1 saturated heterocycles. The highest BCUT2D eigenvalue weighted by Crippen LogP contribution is 2.18. The zero-order valence-electron chi connectivity index (χ0n) is 16.7. The summed E-state index contributed by atoms with van der Waals surface area (Å²) < 4.78 is 5.58. The van der Waals surface area contributed by atoms with Crippen molar-refractivity contribution < 1.29 is 14.3 Å². The molecular formula is C23H28N2O3. The van der Waals surface area contributed by atoms with E-state index in [-0.39, 0.29) is 18.4 Å². The van der Waals surface area contributed by atoms with Crippen molar-refractivity contribution in [2.45, 2.75) is 39.5 Å². The van der Waals surface area contributed by atoms with Gasteiger partial charge in [0.1, 0.15) is 5.75 Å². The molecule has 1 aliphatic heterocycles. The van der Waals surface area contributed by atoms with Gasteiger partial charge in [0.15, 0.2) is 6.61 Å². The molecule has 5 nitrogen and oxygen atoms in total. The molecule has 0 unspecified atom stereocenters. The van der Waals surface area contributed by atoms with Crippen LogP contribution in [0.25, 0.3) is 0 Å². The fourth-order valence-corrected chi connectivity index (χ4v) is 3.34. The van der Waals surface area contributed by atoms with Crippen molar-refractivity contribution in [3.05, 3.63) is 59.2 Å². The van der Waals surface area contributed by atoms with Gasteiger partial charge in [-0.15, -0.1) is 0 Å². The molecule has 0 saturated carbocycles. The number of nitrogens with one attached hydrogen (secondary N) is 1. The SMILES string of the molecule is Cc1ccc(OCC(=O)Nc2cccc(C(=O)N3CCCCCC3)c2)cc1C. The van der Waals surface area contributed by atoms with Crippen LogP contribution in [0.2, 0.25) is 0 Å². The van der Waals surface area contributed by atoms with E-state index in [2.05, 4.69) is 5.32 Å². The van der Waals surface area contributed by atoms with Gasteiger partial charge < -0.3 is 15.0 Å². The molecule has 0 atom stereocenters. The van der Waals surface area contributed by atoms with Gasteiger partial charge in [0.2, 0.25) is 0 Å². The maximum Gasteiger partial charge on any atom is 0.262 e. The largest absolute Gasteiger partial charge is 0.484 e. The topological polar surface area (TPSA) is 58.6 Å². The van der Waals surface area contributed by atoms with Gasteiger partial charge in [-0.05, 0) is 68.1 Å². The lowest BCUT2D eigenvalue weighted by Gasteiger charge is -2.20. The molecule has 1 N–H and O–H groups in total. The van der Waals surface area contributed by atoms with E-state index in [0.717, 1.165) is 31.5 Å². The lowest BCUT2D eigenvalue weighted by molar-refractivity contribution is -0.118. The summed E-state index contributed by atoms with van der Waals surface area (Å²) in [4.78, 5) is 26.9. The van der Waals surface area contributed by atoms with Crippen LogP contribution < -0.4 is 10.1 Å². The molecule has 2 aromatic rings. The molecule has 2 aromatic carbocycles. The molecule has 1 heterocycles. The van der Waals surface area contributed by atoms with Crippen molar-refractivity contribution in [3.63, 3.8) is 0 Å². The van der Waals surface area contributed by atoms with Crippen molar-refractivity contribution in [2.75, 3.05) is 25.0 Å². The van der Waals surface area contributed by atoms with Crippen LogP contribution in [0.1, 0.15) is 47.2 Å². The van der Waals surface area contributed by atoms with E-state index in [9.17, 15) is 9.59 Å². The van der Waals surface area contributed by atoms with Crippen molar-refractivity contribution in [1.82, 2.24) is 4.90 Å². The van der Waals surface area contributed by atoms with Gasteiger partial charge in [0.05, 0.1) is 0 Å². The van der Waals surface area contributed by atoms with Crippen LogP contribution in [0.3, 0.4) is 0 Å². The molecule has 0 bridgehead atoms. The summed E-state index contributed by atoms with van der Waals surface area (Å²) in [5.41, 5.74) is 3.52. The van der Waals surface area contributed by atoms with Gasteiger partial charge in [0.25, 0.3) is 11.8 Å². The summed E-state index contributed by atoms with van der Waals surface area (Å²) >= 11 is 0. The molecule has 1 fully saturated rings. The number of nitrogens with zero attached hydrogens (tertiary/aromatic N) is 1. The minimum Gasteiger partial charge on any atom is -0.484 e. The standard InChI is InChI=1S/C23H28N2O3/c1-17-10-11-21(14-18(17)2)28-16-22(26)24-20-9-7-8-19(15-20)23(27)25-12-5-3-4-6-13-25/h7-11,14-15H,3-6,12-13,16H2,1-2H3,(H,24,26). The first-order valence-corrected chi connectivity index (χ1v) is 9.92. The van der Waals surface area contributed by atoms with Gasteiger partial charge in [-0.1, -0.05) is 25.0 Å². The van der Waals surface area contributed by atoms with Crippen LogP contribution >= 0.6 is 0 Å². The van der Waals surface area contributed by atoms with Gasteiger partial charge in [-0.25, -0.2) is 0 Å². The smallest absolute Gasteiger partial charge is 0.262 e. The number of amides is 2. The minimum absolute atomic E-state index is 0.0318. The van der Waals surface area contributed by atoms with Crippen molar-refractivity contribution in [1.29, 1.82) is 0 Å². The first-order valence-electron chi connectivity index (χ1n) is 9.92. The Balaban J connectivity index is 1.58. The average Bonchev–Trinajstić information content (AvgIpc) is 2.98. The van der Waals surface area contributed by atoms with E-state index >= 15 is 0 Å².